The third-order valence-electron chi connectivity index (χ3n) is 3.34. The lowest BCUT2D eigenvalue weighted by atomic mass is 10.1. The number of amides is 1. The summed E-state index contributed by atoms with van der Waals surface area (Å²) in [7, 11) is 0. The summed E-state index contributed by atoms with van der Waals surface area (Å²) in [6, 6.07) is 7.90. The fraction of sp³-hybridized carbons (Fsp3) is 0.375. The molecule has 21 heavy (non-hydrogen) atoms. The maximum atomic E-state index is 10.9. The Morgan fingerprint density at radius 1 is 1.29 bits per heavy atom. The zero-order chi connectivity index (χ0) is 15.1. The van der Waals surface area contributed by atoms with E-state index in [1.807, 2.05) is 37.4 Å². The predicted molar refractivity (Wildman–Crippen MR) is 84.1 cm³/mol. The van der Waals surface area contributed by atoms with Crippen LogP contribution in [0.5, 0.6) is 0 Å². The van der Waals surface area contributed by atoms with E-state index >= 15 is 0 Å². The van der Waals surface area contributed by atoms with E-state index in [0.717, 1.165) is 37.3 Å². The average Bonchev–Trinajstić information content (AvgIpc) is 2.85. The van der Waals surface area contributed by atoms with E-state index in [-0.39, 0.29) is 5.91 Å². The van der Waals surface area contributed by atoms with Crippen LogP contribution in [-0.4, -0.2) is 22.6 Å². The number of H-pyrrole nitrogens is 1. The van der Waals surface area contributed by atoms with Crippen molar-refractivity contribution in [3.05, 3.63) is 47.3 Å². The van der Waals surface area contributed by atoms with E-state index < -0.39 is 0 Å². The molecule has 1 aromatic carbocycles. The van der Waals surface area contributed by atoms with E-state index in [0.29, 0.717) is 0 Å². The van der Waals surface area contributed by atoms with Crippen LogP contribution in [0.4, 0.5) is 5.69 Å². The van der Waals surface area contributed by atoms with Crippen molar-refractivity contribution in [2.75, 3.05) is 11.9 Å². The van der Waals surface area contributed by atoms with Gasteiger partial charge in [-0.25, -0.2) is 0 Å². The highest BCUT2D eigenvalue weighted by Gasteiger charge is 2.00. The topological polar surface area (TPSA) is 69.8 Å². The molecule has 0 aliphatic rings. The molecule has 0 radical (unpaired) electrons. The second-order valence-electron chi connectivity index (χ2n) is 5.18. The molecule has 5 nitrogen and oxygen atoms in total. The highest BCUT2D eigenvalue weighted by atomic mass is 16.1. The Bertz CT molecular complexity index is 574. The van der Waals surface area contributed by atoms with Crippen molar-refractivity contribution >= 4 is 11.6 Å². The van der Waals surface area contributed by atoms with Gasteiger partial charge in [0, 0.05) is 24.8 Å². The van der Waals surface area contributed by atoms with Gasteiger partial charge in [-0.15, -0.1) is 0 Å². The molecule has 0 saturated carbocycles. The van der Waals surface area contributed by atoms with Crippen molar-refractivity contribution in [3.63, 3.8) is 0 Å². The number of nitrogens with zero attached hydrogens (tertiary/aromatic N) is 1. The van der Waals surface area contributed by atoms with Gasteiger partial charge in [0.2, 0.25) is 5.91 Å². The largest absolute Gasteiger partial charge is 0.326 e. The maximum absolute atomic E-state index is 10.9. The number of rotatable bonds is 7. The van der Waals surface area contributed by atoms with Gasteiger partial charge >= 0.3 is 0 Å². The molecule has 0 saturated heterocycles. The molecule has 0 aliphatic carbocycles. The van der Waals surface area contributed by atoms with Crippen LogP contribution in [0.25, 0.3) is 0 Å². The van der Waals surface area contributed by atoms with Gasteiger partial charge in [0.25, 0.3) is 0 Å². The lowest BCUT2D eigenvalue weighted by Gasteiger charge is -2.06. The predicted octanol–water partition coefficient (Wildman–Crippen LogP) is 2.40. The molecular formula is C16H22N4O. The molecule has 0 aliphatic heterocycles. The summed E-state index contributed by atoms with van der Waals surface area (Å²) in [6.07, 6.45) is 4.03. The fourth-order valence-corrected chi connectivity index (χ4v) is 2.17. The molecule has 2 rings (SSSR count). The van der Waals surface area contributed by atoms with Crippen molar-refractivity contribution in [2.45, 2.75) is 33.2 Å². The minimum absolute atomic E-state index is 0.0459. The molecule has 0 spiro atoms. The number of carbonyl (C=O) groups is 1. The SMILES string of the molecule is CC(=O)Nc1ccc(CNCCCc2cn[nH]c2C)cc1. The van der Waals surface area contributed by atoms with Crippen LogP contribution in [0.3, 0.4) is 0 Å². The van der Waals surface area contributed by atoms with Crippen molar-refractivity contribution in [3.8, 4) is 0 Å². The second kappa shape index (κ2) is 7.59. The molecule has 0 bridgehead atoms. The Morgan fingerprint density at radius 2 is 2.05 bits per heavy atom. The van der Waals surface area contributed by atoms with Gasteiger partial charge in [-0.1, -0.05) is 12.1 Å². The van der Waals surface area contributed by atoms with Crippen LogP contribution in [0.1, 0.15) is 30.2 Å². The zero-order valence-electron chi connectivity index (χ0n) is 12.6. The van der Waals surface area contributed by atoms with Gasteiger partial charge in [0.1, 0.15) is 0 Å². The molecular weight excluding hydrogens is 264 g/mol. The van der Waals surface area contributed by atoms with Crippen LogP contribution >= 0.6 is 0 Å². The number of anilines is 1. The van der Waals surface area contributed by atoms with Crippen molar-refractivity contribution in [2.24, 2.45) is 0 Å². The van der Waals surface area contributed by atoms with Crippen molar-refractivity contribution < 1.29 is 4.79 Å². The van der Waals surface area contributed by atoms with Crippen LogP contribution in [0, 0.1) is 6.92 Å². The standard InChI is InChI=1S/C16H22N4O/c1-12-15(11-18-20-12)4-3-9-17-10-14-5-7-16(8-6-14)19-13(2)21/h5-8,11,17H,3-4,9-10H2,1-2H3,(H,18,20)(H,19,21). The Morgan fingerprint density at radius 3 is 2.67 bits per heavy atom. The molecule has 112 valence electrons. The first kappa shape index (κ1) is 15.3. The summed E-state index contributed by atoms with van der Waals surface area (Å²) < 4.78 is 0. The van der Waals surface area contributed by atoms with Gasteiger partial charge in [-0.05, 0) is 49.6 Å². The number of aromatic nitrogens is 2. The molecule has 0 fully saturated rings. The maximum Gasteiger partial charge on any atom is 0.221 e. The van der Waals surface area contributed by atoms with Crippen LogP contribution < -0.4 is 10.6 Å². The van der Waals surface area contributed by atoms with E-state index in [1.165, 1.54) is 18.1 Å². The van der Waals surface area contributed by atoms with E-state index in [1.54, 1.807) is 0 Å². The molecule has 3 N–H and O–H groups in total. The van der Waals surface area contributed by atoms with Gasteiger partial charge in [-0.3, -0.25) is 9.89 Å². The van der Waals surface area contributed by atoms with Crippen LogP contribution in [-0.2, 0) is 17.8 Å². The number of aromatic amines is 1. The van der Waals surface area contributed by atoms with Crippen molar-refractivity contribution in [1.29, 1.82) is 0 Å². The minimum atomic E-state index is -0.0459. The number of carbonyl (C=O) groups excluding carboxylic acids is 1. The summed E-state index contributed by atoms with van der Waals surface area (Å²) in [6.45, 7) is 5.37. The van der Waals surface area contributed by atoms with Crippen LogP contribution in [0.2, 0.25) is 0 Å². The number of hydrogen-bond acceptors (Lipinski definition) is 3. The first-order valence-corrected chi connectivity index (χ1v) is 7.21. The quantitative estimate of drug-likeness (QED) is 0.685. The number of nitrogens with one attached hydrogen (secondary N) is 3. The molecule has 5 heteroatoms. The third kappa shape index (κ3) is 5.04. The Kier molecular flexibility index (Phi) is 5.51. The highest BCUT2D eigenvalue weighted by Crippen LogP contribution is 2.09. The lowest BCUT2D eigenvalue weighted by molar-refractivity contribution is -0.114. The first-order valence-electron chi connectivity index (χ1n) is 7.21. The van der Waals surface area contributed by atoms with Crippen molar-refractivity contribution in [1.82, 2.24) is 15.5 Å². The molecule has 0 atom stereocenters. The Labute approximate surface area is 125 Å². The molecule has 1 heterocycles. The van der Waals surface area contributed by atoms with E-state index in [4.69, 9.17) is 0 Å². The second-order valence-corrected chi connectivity index (χ2v) is 5.18. The Balaban J connectivity index is 1.66. The Hall–Kier alpha value is -2.14. The normalized spacial score (nSPS) is 10.6. The highest BCUT2D eigenvalue weighted by molar-refractivity contribution is 5.88. The van der Waals surface area contributed by atoms with Gasteiger partial charge in [0.05, 0.1) is 6.20 Å². The summed E-state index contributed by atoms with van der Waals surface area (Å²) in [5.41, 5.74) is 4.49. The molecule has 1 aromatic heterocycles. The van der Waals surface area contributed by atoms with Gasteiger partial charge in [0.15, 0.2) is 0 Å². The third-order valence-corrected chi connectivity index (χ3v) is 3.34. The number of benzene rings is 1. The lowest BCUT2D eigenvalue weighted by Crippen LogP contribution is -2.15. The van der Waals surface area contributed by atoms with E-state index in [2.05, 4.69) is 20.8 Å². The minimum Gasteiger partial charge on any atom is -0.326 e. The molecule has 0 unspecified atom stereocenters. The van der Waals surface area contributed by atoms with Gasteiger partial charge in [-0.2, -0.15) is 5.10 Å². The summed E-state index contributed by atoms with van der Waals surface area (Å²) in [4.78, 5) is 10.9. The average molecular weight is 286 g/mol. The number of hydrogen-bond donors (Lipinski definition) is 3. The molecule has 1 amide bonds. The van der Waals surface area contributed by atoms with Crippen LogP contribution in [0.15, 0.2) is 30.5 Å². The summed E-state index contributed by atoms with van der Waals surface area (Å²) >= 11 is 0. The van der Waals surface area contributed by atoms with E-state index in [9.17, 15) is 4.79 Å². The van der Waals surface area contributed by atoms with Gasteiger partial charge < -0.3 is 10.6 Å². The smallest absolute Gasteiger partial charge is 0.221 e. The summed E-state index contributed by atoms with van der Waals surface area (Å²) in [5, 5.41) is 13.2. The number of aryl methyl sites for hydroxylation is 2. The molecule has 2 aromatic rings. The first-order chi connectivity index (χ1) is 10.1. The monoisotopic (exact) mass is 286 g/mol. The fourth-order valence-electron chi connectivity index (χ4n) is 2.17. The summed E-state index contributed by atoms with van der Waals surface area (Å²) in [5.74, 6) is -0.0459. The zero-order valence-corrected chi connectivity index (χ0v) is 12.6.